The average molecular weight is 866 g/mol. The van der Waals surface area contributed by atoms with E-state index in [1.165, 1.54) is 103 Å². The van der Waals surface area contributed by atoms with Gasteiger partial charge in [0.05, 0.1) is 17.6 Å². The van der Waals surface area contributed by atoms with Crippen LogP contribution in [-0.4, -0.2) is 17.8 Å². The number of allylic oxidation sites excluding steroid dienone is 2. The van der Waals surface area contributed by atoms with Crippen molar-refractivity contribution in [2.75, 3.05) is 9.80 Å². The van der Waals surface area contributed by atoms with E-state index < -0.39 is 6.17 Å². The Morgan fingerprint density at radius 2 is 0.985 bits per heavy atom. The van der Waals surface area contributed by atoms with Gasteiger partial charge in [0.1, 0.15) is 12.0 Å². The molecule has 0 amide bonds. The van der Waals surface area contributed by atoms with Crippen LogP contribution in [0.4, 0.5) is 17.1 Å². The fraction of sp³-hybridized carbons (Fsp3) is 0.0476. The molecule has 1 N–H and O–H groups in total. The lowest BCUT2D eigenvalue weighted by atomic mass is 9.82. The minimum absolute atomic E-state index is 0.00949. The summed E-state index contributed by atoms with van der Waals surface area (Å²) in [5.74, 6) is 1.51. The largest absolute Gasteiger partial charge is 0.344 e. The molecule has 68 heavy (non-hydrogen) atoms. The first-order chi connectivity index (χ1) is 33.7. The average Bonchev–Trinajstić information content (AvgIpc) is 3.92. The third-order valence-electron chi connectivity index (χ3n) is 15.4. The molecule has 12 aromatic rings. The fourth-order valence-corrected chi connectivity index (χ4v) is 12.5. The molecule has 0 saturated carbocycles. The standard InChI is InChI=1S/C63H39N5/c1-2-10-41-35-48(28-27-36(41)9-1)67-53-18-6-4-16-51(53)59-54(67)30-29-50-49-15-3-5-17-52(49)68(60(50)59)63-65-61(46-31-42-23-19-37-11-7-12-38-20-24-43(32-46)57(42)55(37)38)64-62(66-63)47-33-44-25-21-39-13-8-14-40-22-26-45(34-47)58(44)56(39)40/h1-35,59-61H,(H,64,65,66). The summed E-state index contributed by atoms with van der Waals surface area (Å²) in [6.45, 7) is 0. The predicted molar refractivity (Wildman–Crippen MR) is 284 cm³/mol. The van der Waals surface area contributed by atoms with Gasteiger partial charge in [-0.3, -0.25) is 0 Å². The SMILES string of the molecule is C1=C2c3ccccc3N(C3=NC(c4cc5ccc6cccc7ccc(c4)c5c67)NC(c4cc5ccc6cccc7ccc(c4)c5c67)=N3)C2C2C(=C1)N(c1ccc3ccccc3c1)c1ccccc12. The number of amidine groups is 1. The Morgan fingerprint density at radius 3 is 1.68 bits per heavy atom. The van der Waals surface area contributed by atoms with Crippen molar-refractivity contribution in [3.8, 4) is 0 Å². The Bertz CT molecular complexity index is 4160. The number of nitrogens with one attached hydrogen (secondary N) is 1. The van der Waals surface area contributed by atoms with Gasteiger partial charge in [0.2, 0.25) is 5.96 Å². The number of nitrogens with zero attached hydrogens (tertiary/aromatic N) is 4. The molecular weight excluding hydrogens is 827 g/mol. The molecule has 0 aromatic heterocycles. The van der Waals surface area contributed by atoms with E-state index >= 15 is 0 Å². The zero-order valence-electron chi connectivity index (χ0n) is 36.7. The number of guanidine groups is 1. The van der Waals surface area contributed by atoms with Gasteiger partial charge in [-0.05, 0) is 147 Å². The van der Waals surface area contributed by atoms with Gasteiger partial charge in [0.25, 0.3) is 0 Å². The molecule has 12 aromatic carbocycles. The van der Waals surface area contributed by atoms with Crippen LogP contribution in [0.1, 0.15) is 34.3 Å². The van der Waals surface area contributed by atoms with Crippen LogP contribution in [0, 0.1) is 0 Å². The number of benzene rings is 12. The normalized spacial score (nSPS) is 18.6. The predicted octanol–water partition coefficient (Wildman–Crippen LogP) is 15.1. The lowest BCUT2D eigenvalue weighted by Crippen LogP contribution is -2.45. The molecule has 3 heterocycles. The maximum absolute atomic E-state index is 5.74. The zero-order chi connectivity index (χ0) is 44.2. The zero-order valence-corrected chi connectivity index (χ0v) is 36.7. The molecule has 0 bridgehead atoms. The Kier molecular flexibility index (Phi) is 7.18. The maximum atomic E-state index is 5.74. The first kappa shape index (κ1) is 36.4. The smallest absolute Gasteiger partial charge is 0.230 e. The maximum Gasteiger partial charge on any atom is 0.230 e. The number of aliphatic imine (C=N–C) groups is 2. The Labute approximate surface area is 391 Å². The summed E-state index contributed by atoms with van der Waals surface area (Å²) in [4.78, 5) is 16.4. The summed E-state index contributed by atoms with van der Waals surface area (Å²) in [5.41, 5.74) is 10.7. The highest BCUT2D eigenvalue weighted by Gasteiger charge is 2.50. The van der Waals surface area contributed by atoms with Crippen LogP contribution in [0.2, 0.25) is 0 Å². The monoisotopic (exact) mass is 865 g/mol. The van der Waals surface area contributed by atoms with Gasteiger partial charge < -0.3 is 15.1 Å². The van der Waals surface area contributed by atoms with E-state index in [1.54, 1.807) is 0 Å². The van der Waals surface area contributed by atoms with Crippen LogP contribution >= 0.6 is 0 Å². The molecular formula is C63H39N5. The summed E-state index contributed by atoms with van der Waals surface area (Å²) in [6, 6.07) is 73.9. The van der Waals surface area contributed by atoms with Gasteiger partial charge in [-0.1, -0.05) is 158 Å². The van der Waals surface area contributed by atoms with Crippen molar-refractivity contribution in [2.45, 2.75) is 18.1 Å². The molecule has 3 unspecified atom stereocenters. The van der Waals surface area contributed by atoms with Crippen molar-refractivity contribution in [3.05, 3.63) is 240 Å². The van der Waals surface area contributed by atoms with Crippen LogP contribution in [0.25, 0.3) is 81.0 Å². The fourth-order valence-electron chi connectivity index (χ4n) is 12.5. The Balaban J connectivity index is 0.905. The second-order valence-corrected chi connectivity index (χ2v) is 18.9. The molecule has 5 nitrogen and oxygen atoms in total. The molecule has 16 rings (SSSR count). The van der Waals surface area contributed by atoms with Gasteiger partial charge in [-0.25, -0.2) is 4.99 Å². The Hall–Kier alpha value is -8.80. The third-order valence-corrected chi connectivity index (χ3v) is 15.4. The Morgan fingerprint density at radius 1 is 0.441 bits per heavy atom. The van der Waals surface area contributed by atoms with Crippen LogP contribution < -0.4 is 15.1 Å². The number of para-hydroxylation sites is 2. The summed E-state index contributed by atoms with van der Waals surface area (Å²) in [6.07, 6.45) is 4.30. The van der Waals surface area contributed by atoms with Gasteiger partial charge in [0, 0.05) is 28.2 Å². The van der Waals surface area contributed by atoms with E-state index in [4.69, 9.17) is 9.98 Å². The molecule has 316 valence electrons. The second kappa shape index (κ2) is 13.4. The van der Waals surface area contributed by atoms with Gasteiger partial charge >= 0.3 is 0 Å². The topological polar surface area (TPSA) is 43.2 Å². The van der Waals surface area contributed by atoms with E-state index in [0.717, 1.165) is 28.3 Å². The van der Waals surface area contributed by atoms with Crippen LogP contribution in [0.15, 0.2) is 228 Å². The van der Waals surface area contributed by atoms with E-state index in [1.807, 2.05) is 0 Å². The summed E-state index contributed by atoms with van der Waals surface area (Å²) in [7, 11) is 0. The summed E-state index contributed by atoms with van der Waals surface area (Å²) >= 11 is 0. The lowest BCUT2D eigenvalue weighted by molar-refractivity contribution is 0.656. The number of fused-ring (bicyclic) bond motifs is 8. The van der Waals surface area contributed by atoms with E-state index in [0.29, 0.717) is 5.96 Å². The highest BCUT2D eigenvalue weighted by atomic mass is 15.4. The van der Waals surface area contributed by atoms with Crippen molar-refractivity contribution in [1.82, 2.24) is 5.32 Å². The minimum atomic E-state index is -0.422. The highest BCUT2D eigenvalue weighted by molar-refractivity contribution is 6.26. The quantitative estimate of drug-likeness (QED) is 0.180. The molecule has 4 aliphatic rings. The molecule has 5 heteroatoms. The van der Waals surface area contributed by atoms with Crippen molar-refractivity contribution >= 4 is 110 Å². The van der Waals surface area contributed by atoms with E-state index in [-0.39, 0.29) is 12.0 Å². The molecule has 1 aliphatic carbocycles. The lowest BCUT2D eigenvalue weighted by Gasteiger charge is -2.37. The highest BCUT2D eigenvalue weighted by Crippen LogP contribution is 2.58. The van der Waals surface area contributed by atoms with Crippen molar-refractivity contribution in [3.63, 3.8) is 0 Å². The van der Waals surface area contributed by atoms with E-state index in [2.05, 4.69) is 227 Å². The molecule has 3 atom stereocenters. The van der Waals surface area contributed by atoms with Crippen LogP contribution in [0.5, 0.6) is 0 Å². The molecule has 0 saturated heterocycles. The minimum Gasteiger partial charge on any atom is -0.344 e. The number of hydrogen-bond acceptors (Lipinski definition) is 5. The number of anilines is 3. The summed E-state index contributed by atoms with van der Waals surface area (Å²) < 4.78 is 0. The van der Waals surface area contributed by atoms with Crippen molar-refractivity contribution in [1.29, 1.82) is 0 Å². The number of rotatable bonds is 3. The first-order valence-corrected chi connectivity index (χ1v) is 23.7. The van der Waals surface area contributed by atoms with E-state index in [9.17, 15) is 0 Å². The molecule has 0 spiro atoms. The third kappa shape index (κ3) is 4.99. The molecule has 3 aliphatic heterocycles. The first-order valence-electron chi connectivity index (χ1n) is 23.7. The van der Waals surface area contributed by atoms with Crippen molar-refractivity contribution in [2.24, 2.45) is 9.98 Å². The molecule has 0 fully saturated rings. The van der Waals surface area contributed by atoms with Gasteiger partial charge in [0.15, 0.2) is 0 Å². The van der Waals surface area contributed by atoms with Crippen LogP contribution in [0.3, 0.4) is 0 Å². The number of hydrogen-bond donors (Lipinski definition) is 1. The molecule has 0 radical (unpaired) electrons. The second-order valence-electron chi connectivity index (χ2n) is 18.9. The summed E-state index contributed by atoms with van der Waals surface area (Å²) in [5, 5.41) is 21.5. The van der Waals surface area contributed by atoms with Crippen molar-refractivity contribution < 1.29 is 0 Å². The van der Waals surface area contributed by atoms with Crippen LogP contribution in [-0.2, 0) is 0 Å². The van der Waals surface area contributed by atoms with Gasteiger partial charge in [-0.2, -0.15) is 4.99 Å². The van der Waals surface area contributed by atoms with Gasteiger partial charge in [-0.15, -0.1) is 0 Å².